The van der Waals surface area contributed by atoms with Gasteiger partial charge in [-0.3, -0.25) is 0 Å². The number of hydrogen-bond donors (Lipinski definition) is 1. The molecule has 0 saturated carbocycles. The van der Waals surface area contributed by atoms with E-state index >= 15 is 0 Å². The molecule has 38 heavy (non-hydrogen) atoms. The molecule has 0 aliphatic carbocycles. The summed E-state index contributed by atoms with van der Waals surface area (Å²) in [6.45, 7) is 20.7. The Morgan fingerprint density at radius 3 is 2.16 bits per heavy atom. The normalized spacial score (nSPS) is 19.8. The maximum absolute atomic E-state index is 11.1. The Bertz CT molecular complexity index is 955. The van der Waals surface area contributed by atoms with E-state index in [1.54, 1.807) is 7.11 Å². The van der Waals surface area contributed by atoms with Gasteiger partial charge in [-0.25, -0.2) is 0 Å². The van der Waals surface area contributed by atoms with Gasteiger partial charge < -0.3 is 24.1 Å². The topological polar surface area (TPSA) is 57.2 Å². The average Bonchev–Trinajstić information content (AvgIpc) is 2.84. The minimum atomic E-state index is -1.95. The van der Waals surface area contributed by atoms with Gasteiger partial charge in [-0.1, -0.05) is 78.4 Å². The van der Waals surface area contributed by atoms with E-state index in [-0.39, 0.29) is 12.0 Å². The Kier molecular flexibility index (Phi) is 12.4. The van der Waals surface area contributed by atoms with Crippen molar-refractivity contribution in [3.63, 3.8) is 0 Å². The fourth-order valence-electron chi connectivity index (χ4n) is 5.48. The Labute approximate surface area is 233 Å². The highest BCUT2D eigenvalue weighted by molar-refractivity contribution is 6.90. The monoisotopic (exact) mass is 542 g/mol. The van der Waals surface area contributed by atoms with Gasteiger partial charge in [0, 0.05) is 18.8 Å². The molecule has 0 spiro atoms. The molecule has 1 heterocycles. The van der Waals surface area contributed by atoms with Crippen molar-refractivity contribution in [2.24, 2.45) is 5.92 Å². The zero-order valence-electron chi connectivity index (χ0n) is 25.3. The van der Waals surface area contributed by atoms with Crippen LogP contribution in [0.25, 0.3) is 0 Å². The Morgan fingerprint density at radius 1 is 1.03 bits per heavy atom. The molecule has 6 heteroatoms. The summed E-state index contributed by atoms with van der Waals surface area (Å²) in [5.41, 5.74) is 6.40. The van der Waals surface area contributed by atoms with E-state index in [1.165, 1.54) is 0 Å². The number of methoxy groups -OCH3 is 1. The average molecular weight is 543 g/mol. The second-order valence-corrected chi connectivity index (χ2v) is 17.4. The van der Waals surface area contributed by atoms with Gasteiger partial charge in [0.25, 0.3) is 0 Å². The molecule has 0 unspecified atom stereocenters. The quantitative estimate of drug-likeness (QED) is 0.262. The molecule has 0 radical (unpaired) electrons. The van der Waals surface area contributed by atoms with Gasteiger partial charge >= 0.3 is 0 Å². The van der Waals surface area contributed by atoms with E-state index in [2.05, 4.69) is 64.8 Å². The first-order chi connectivity index (χ1) is 17.8. The highest BCUT2D eigenvalue weighted by atomic mass is 28.3. The fourth-order valence-corrected chi connectivity index (χ4v) is 10.7. The van der Waals surface area contributed by atoms with E-state index < -0.39 is 26.1 Å². The Hall–Kier alpha value is -1.80. The third-order valence-electron chi connectivity index (χ3n) is 7.80. The third-order valence-corrected chi connectivity index (χ3v) is 14.1. The Balaban J connectivity index is 2.25. The maximum atomic E-state index is 11.1. The molecule has 1 saturated heterocycles. The minimum Gasteiger partial charge on any atom is -0.497 e. The van der Waals surface area contributed by atoms with Crippen LogP contribution in [0.3, 0.4) is 0 Å². The van der Waals surface area contributed by atoms with Crippen LogP contribution in [-0.4, -0.2) is 51.0 Å². The molecular formula is C32H50O5Si. The lowest BCUT2D eigenvalue weighted by molar-refractivity contribution is -0.260. The summed E-state index contributed by atoms with van der Waals surface area (Å²) in [5, 5.41) is 11.1. The van der Waals surface area contributed by atoms with Crippen molar-refractivity contribution in [3.05, 3.63) is 29.8 Å². The molecule has 212 valence electrons. The lowest BCUT2D eigenvalue weighted by Crippen LogP contribution is -2.44. The number of rotatable bonds is 10. The van der Waals surface area contributed by atoms with E-state index in [9.17, 15) is 5.11 Å². The molecular weight excluding hydrogens is 492 g/mol. The molecule has 5 nitrogen and oxygen atoms in total. The van der Waals surface area contributed by atoms with Crippen LogP contribution < -0.4 is 4.74 Å². The molecule has 1 aromatic carbocycles. The van der Waals surface area contributed by atoms with Crippen LogP contribution in [0.4, 0.5) is 0 Å². The van der Waals surface area contributed by atoms with Crippen molar-refractivity contribution in [1.29, 1.82) is 0 Å². The molecule has 1 aliphatic rings. The number of aliphatic hydroxyl groups is 1. The van der Waals surface area contributed by atoms with E-state index in [0.29, 0.717) is 36.3 Å². The molecule has 0 bridgehead atoms. The predicted octanol–water partition coefficient (Wildman–Crippen LogP) is 6.73. The van der Waals surface area contributed by atoms with Gasteiger partial charge in [-0.15, -0.1) is 5.54 Å². The van der Waals surface area contributed by atoms with Crippen LogP contribution in [0.1, 0.15) is 80.7 Å². The first kappa shape index (κ1) is 32.4. The third kappa shape index (κ3) is 8.87. The maximum Gasteiger partial charge on any atom is 0.164 e. The van der Waals surface area contributed by atoms with Gasteiger partial charge in [0.2, 0.25) is 0 Å². The van der Waals surface area contributed by atoms with Crippen molar-refractivity contribution in [2.75, 3.05) is 13.7 Å². The predicted molar refractivity (Wildman–Crippen MR) is 157 cm³/mol. The molecule has 1 aliphatic heterocycles. The second kappa shape index (κ2) is 14.5. The molecule has 1 fully saturated rings. The highest BCUT2D eigenvalue weighted by Crippen LogP contribution is 2.41. The fraction of sp³-hybridized carbons (Fsp3) is 0.688. The highest BCUT2D eigenvalue weighted by Gasteiger charge is 2.42. The van der Waals surface area contributed by atoms with Crippen molar-refractivity contribution < 1.29 is 24.1 Å². The van der Waals surface area contributed by atoms with Gasteiger partial charge in [0.05, 0.1) is 26.4 Å². The van der Waals surface area contributed by atoms with Crippen molar-refractivity contribution in [1.82, 2.24) is 0 Å². The van der Waals surface area contributed by atoms with E-state index in [0.717, 1.165) is 17.7 Å². The van der Waals surface area contributed by atoms with Gasteiger partial charge in [-0.05, 0) is 48.2 Å². The zero-order chi connectivity index (χ0) is 28.5. The van der Waals surface area contributed by atoms with Crippen molar-refractivity contribution in [2.45, 2.75) is 122 Å². The van der Waals surface area contributed by atoms with Crippen LogP contribution in [0.15, 0.2) is 24.3 Å². The van der Waals surface area contributed by atoms with Crippen LogP contribution in [0.5, 0.6) is 5.75 Å². The minimum absolute atomic E-state index is 0.182. The Morgan fingerprint density at radius 2 is 1.63 bits per heavy atom. The summed E-state index contributed by atoms with van der Waals surface area (Å²) in [6.07, 6.45) is -0.187. The second-order valence-electron chi connectivity index (χ2n) is 11.8. The van der Waals surface area contributed by atoms with Gasteiger partial charge in [0.15, 0.2) is 5.79 Å². The van der Waals surface area contributed by atoms with Crippen LogP contribution >= 0.6 is 0 Å². The SMILES string of the molecule is COc1ccc(CO[C@@H](C#C[Si](C(C)C)(C(C)C)C(C)C)[C@@H](C)[C@H](O)CC#C[C@H]2CCOC(C)(C)O2)cc1. The lowest BCUT2D eigenvalue weighted by atomic mass is 9.96. The summed E-state index contributed by atoms with van der Waals surface area (Å²) < 4.78 is 23.2. The smallest absolute Gasteiger partial charge is 0.164 e. The molecule has 0 aromatic heterocycles. The number of aliphatic hydroxyl groups excluding tert-OH is 1. The van der Waals surface area contributed by atoms with Crippen molar-refractivity contribution in [3.8, 4) is 29.1 Å². The molecule has 1 N–H and O–H groups in total. The van der Waals surface area contributed by atoms with Crippen LogP contribution in [0, 0.1) is 29.2 Å². The summed E-state index contributed by atoms with van der Waals surface area (Å²) in [5.74, 6) is 9.85. The summed E-state index contributed by atoms with van der Waals surface area (Å²) in [6, 6.07) is 7.86. The zero-order valence-corrected chi connectivity index (χ0v) is 26.3. The molecule has 1 aromatic rings. The van der Waals surface area contributed by atoms with Gasteiger partial charge in [-0.2, -0.15) is 0 Å². The molecule has 0 amide bonds. The first-order valence-corrected chi connectivity index (χ1v) is 16.3. The van der Waals surface area contributed by atoms with Gasteiger partial charge in [0.1, 0.15) is 26.0 Å². The first-order valence-electron chi connectivity index (χ1n) is 14.1. The van der Waals surface area contributed by atoms with E-state index in [1.807, 2.05) is 45.0 Å². The number of hydrogen-bond acceptors (Lipinski definition) is 5. The standard InChI is InChI=1S/C32H50O5Si/c1-23(2)38(24(3)4,25(5)6)21-19-31(35-22-27-14-16-28(34-10)17-15-27)26(7)30(33)13-11-12-29-18-20-36-32(8,9)37-29/h14-17,23-26,29-31,33H,13,18,20,22H2,1-10H3/t26-,29-,30+,31-/m0/s1. The number of ether oxygens (including phenoxy) is 4. The summed E-state index contributed by atoms with van der Waals surface area (Å²) in [4.78, 5) is 0. The lowest BCUT2D eigenvalue weighted by Gasteiger charge is -2.38. The van der Waals surface area contributed by atoms with Crippen molar-refractivity contribution >= 4 is 8.07 Å². The van der Waals surface area contributed by atoms with E-state index in [4.69, 9.17) is 18.9 Å². The van der Waals surface area contributed by atoms with Crippen LogP contribution in [-0.2, 0) is 20.8 Å². The summed E-state index contributed by atoms with van der Waals surface area (Å²) in [7, 11) is -0.290. The molecule has 4 atom stereocenters. The largest absolute Gasteiger partial charge is 0.497 e. The number of benzene rings is 1. The van der Waals surface area contributed by atoms with Crippen LogP contribution in [0.2, 0.25) is 16.6 Å². The molecule has 2 rings (SSSR count). The summed E-state index contributed by atoms with van der Waals surface area (Å²) >= 11 is 0.